The van der Waals surface area contributed by atoms with E-state index in [1.165, 1.54) is 7.11 Å². The Kier molecular flexibility index (Phi) is 5.71. The van der Waals surface area contributed by atoms with Crippen LogP contribution in [0.15, 0.2) is 18.3 Å². The van der Waals surface area contributed by atoms with Gasteiger partial charge in [0.15, 0.2) is 0 Å². The van der Waals surface area contributed by atoms with E-state index in [2.05, 4.69) is 10.3 Å². The number of nitrogens with zero attached hydrogens (tertiary/aromatic N) is 2. The van der Waals surface area contributed by atoms with Gasteiger partial charge in [0, 0.05) is 44.9 Å². The smallest absolute Gasteiger partial charge is 0.225 e. The van der Waals surface area contributed by atoms with E-state index in [4.69, 9.17) is 9.47 Å². The van der Waals surface area contributed by atoms with Gasteiger partial charge in [0.25, 0.3) is 0 Å². The molecule has 1 aromatic rings. The van der Waals surface area contributed by atoms with Gasteiger partial charge in [0.05, 0.1) is 19.6 Å². The Morgan fingerprint density at radius 2 is 2.32 bits per heavy atom. The van der Waals surface area contributed by atoms with E-state index in [1.807, 2.05) is 6.07 Å². The van der Waals surface area contributed by atoms with Gasteiger partial charge in [0.1, 0.15) is 0 Å². The summed E-state index contributed by atoms with van der Waals surface area (Å²) in [4.78, 5) is 29.8. The number of methoxy groups -OCH3 is 2. The second-order valence-electron chi connectivity index (χ2n) is 5.12. The van der Waals surface area contributed by atoms with E-state index in [9.17, 15) is 9.59 Å². The molecule has 2 heterocycles. The molecule has 120 valence electrons. The Balaban J connectivity index is 1.86. The first-order valence-corrected chi connectivity index (χ1v) is 7.18. The van der Waals surface area contributed by atoms with Crippen molar-refractivity contribution in [1.29, 1.82) is 0 Å². The average Bonchev–Trinajstić information content (AvgIpc) is 2.92. The number of nitrogens with one attached hydrogen (secondary N) is 1. The van der Waals surface area contributed by atoms with Crippen molar-refractivity contribution in [3.05, 3.63) is 23.9 Å². The van der Waals surface area contributed by atoms with Crippen LogP contribution in [0.1, 0.15) is 12.0 Å². The number of carbonyl (C=O) groups is 2. The van der Waals surface area contributed by atoms with Crippen molar-refractivity contribution >= 4 is 11.8 Å². The van der Waals surface area contributed by atoms with Gasteiger partial charge in [-0.1, -0.05) is 6.07 Å². The maximum atomic E-state index is 12.2. The molecule has 1 aliphatic heterocycles. The molecular weight excluding hydrogens is 286 g/mol. The van der Waals surface area contributed by atoms with Crippen LogP contribution in [0.4, 0.5) is 0 Å². The van der Waals surface area contributed by atoms with Crippen LogP contribution in [0.3, 0.4) is 0 Å². The lowest BCUT2D eigenvalue weighted by Gasteiger charge is -2.16. The van der Waals surface area contributed by atoms with E-state index in [0.29, 0.717) is 32.1 Å². The van der Waals surface area contributed by atoms with Gasteiger partial charge < -0.3 is 19.7 Å². The van der Waals surface area contributed by atoms with Crippen molar-refractivity contribution in [3.8, 4) is 5.88 Å². The highest BCUT2D eigenvalue weighted by Gasteiger charge is 2.33. The van der Waals surface area contributed by atoms with Crippen molar-refractivity contribution in [2.24, 2.45) is 5.92 Å². The first kappa shape index (κ1) is 16.2. The Morgan fingerprint density at radius 1 is 1.50 bits per heavy atom. The number of rotatable bonds is 7. The van der Waals surface area contributed by atoms with Crippen molar-refractivity contribution in [1.82, 2.24) is 15.2 Å². The first-order chi connectivity index (χ1) is 10.7. The Hall–Kier alpha value is -2.15. The second kappa shape index (κ2) is 7.74. The third-order valence-electron chi connectivity index (χ3n) is 3.65. The lowest BCUT2D eigenvalue weighted by atomic mass is 10.1. The van der Waals surface area contributed by atoms with Crippen molar-refractivity contribution in [2.45, 2.75) is 13.0 Å². The van der Waals surface area contributed by atoms with Crippen LogP contribution in [0.2, 0.25) is 0 Å². The summed E-state index contributed by atoms with van der Waals surface area (Å²) in [5.41, 5.74) is 0.805. The average molecular weight is 307 g/mol. The van der Waals surface area contributed by atoms with Crippen LogP contribution in [0, 0.1) is 5.92 Å². The Morgan fingerprint density at radius 3 is 3.05 bits per heavy atom. The van der Waals surface area contributed by atoms with Gasteiger partial charge in [-0.2, -0.15) is 0 Å². The summed E-state index contributed by atoms with van der Waals surface area (Å²) in [7, 11) is 3.13. The fourth-order valence-corrected chi connectivity index (χ4v) is 2.43. The van der Waals surface area contributed by atoms with Gasteiger partial charge in [0.2, 0.25) is 17.7 Å². The number of carbonyl (C=O) groups excluding carboxylic acids is 2. The molecule has 2 amide bonds. The monoisotopic (exact) mass is 307 g/mol. The fourth-order valence-electron chi connectivity index (χ4n) is 2.43. The second-order valence-corrected chi connectivity index (χ2v) is 5.12. The normalized spacial score (nSPS) is 17.6. The molecule has 0 aromatic carbocycles. The maximum absolute atomic E-state index is 12.2. The van der Waals surface area contributed by atoms with Gasteiger partial charge in [-0.05, 0) is 6.07 Å². The summed E-state index contributed by atoms with van der Waals surface area (Å²) in [6.07, 6.45) is 1.88. The molecule has 0 radical (unpaired) electrons. The summed E-state index contributed by atoms with van der Waals surface area (Å²) in [6.45, 7) is 1.78. The molecule has 1 atom stereocenters. The molecular formula is C15H21N3O4. The van der Waals surface area contributed by atoms with E-state index >= 15 is 0 Å². The minimum absolute atomic E-state index is 0.00356. The van der Waals surface area contributed by atoms with Crippen molar-refractivity contribution in [3.63, 3.8) is 0 Å². The van der Waals surface area contributed by atoms with E-state index in [1.54, 1.807) is 24.3 Å². The lowest BCUT2D eigenvalue weighted by molar-refractivity contribution is -0.129. The lowest BCUT2D eigenvalue weighted by Crippen LogP contribution is -2.33. The van der Waals surface area contributed by atoms with Crippen LogP contribution in [-0.2, 0) is 20.9 Å². The standard InChI is InChI=1S/C15H21N3O4/c1-21-7-6-18-10-12(8-13(18)19)14(20)17-9-11-4-3-5-16-15(11)22-2/h3-5,12H,6-10H2,1-2H3,(H,17,20). The minimum atomic E-state index is -0.313. The van der Waals surface area contributed by atoms with Crippen molar-refractivity contribution < 1.29 is 19.1 Å². The van der Waals surface area contributed by atoms with Gasteiger partial charge in [-0.3, -0.25) is 9.59 Å². The first-order valence-electron chi connectivity index (χ1n) is 7.18. The summed E-state index contributed by atoms with van der Waals surface area (Å²) in [6, 6.07) is 3.63. The number of amides is 2. The number of pyridine rings is 1. The highest BCUT2D eigenvalue weighted by atomic mass is 16.5. The zero-order chi connectivity index (χ0) is 15.9. The molecule has 1 fully saturated rings. The largest absolute Gasteiger partial charge is 0.481 e. The third kappa shape index (κ3) is 3.94. The SMILES string of the molecule is COCCN1CC(C(=O)NCc2cccnc2OC)CC1=O. The van der Waals surface area contributed by atoms with E-state index in [0.717, 1.165) is 5.56 Å². The molecule has 0 bridgehead atoms. The predicted octanol–water partition coefficient (Wildman–Crippen LogP) is 0.201. The zero-order valence-corrected chi connectivity index (χ0v) is 12.9. The summed E-state index contributed by atoms with van der Waals surface area (Å²) >= 11 is 0. The van der Waals surface area contributed by atoms with Gasteiger partial charge >= 0.3 is 0 Å². The number of hydrogen-bond donors (Lipinski definition) is 1. The molecule has 2 rings (SSSR count). The van der Waals surface area contributed by atoms with Crippen molar-refractivity contribution in [2.75, 3.05) is 33.9 Å². The quantitative estimate of drug-likeness (QED) is 0.778. The summed E-state index contributed by atoms with van der Waals surface area (Å²) in [5.74, 6) is 0.0503. The summed E-state index contributed by atoms with van der Waals surface area (Å²) in [5, 5.41) is 2.84. The molecule has 1 saturated heterocycles. The minimum Gasteiger partial charge on any atom is -0.481 e. The Labute approximate surface area is 129 Å². The van der Waals surface area contributed by atoms with Crippen LogP contribution in [0.5, 0.6) is 5.88 Å². The number of hydrogen-bond acceptors (Lipinski definition) is 5. The molecule has 1 aromatic heterocycles. The molecule has 0 saturated carbocycles. The van der Waals surface area contributed by atoms with Crippen LogP contribution in [0.25, 0.3) is 0 Å². The van der Waals surface area contributed by atoms with Crippen LogP contribution < -0.4 is 10.1 Å². The maximum Gasteiger partial charge on any atom is 0.225 e. The fraction of sp³-hybridized carbons (Fsp3) is 0.533. The van der Waals surface area contributed by atoms with Gasteiger partial charge in [-0.25, -0.2) is 4.98 Å². The molecule has 0 aliphatic carbocycles. The van der Waals surface area contributed by atoms with Crippen LogP contribution in [-0.4, -0.2) is 55.6 Å². The van der Waals surface area contributed by atoms with E-state index in [-0.39, 0.29) is 24.2 Å². The topological polar surface area (TPSA) is 80.8 Å². The molecule has 1 aliphatic rings. The Bertz CT molecular complexity index is 535. The predicted molar refractivity (Wildman–Crippen MR) is 79.2 cm³/mol. The van der Waals surface area contributed by atoms with Crippen LogP contribution >= 0.6 is 0 Å². The number of ether oxygens (including phenoxy) is 2. The molecule has 0 spiro atoms. The molecule has 22 heavy (non-hydrogen) atoms. The number of likely N-dealkylation sites (tertiary alicyclic amines) is 1. The molecule has 7 nitrogen and oxygen atoms in total. The third-order valence-corrected chi connectivity index (χ3v) is 3.65. The molecule has 1 N–H and O–H groups in total. The zero-order valence-electron chi connectivity index (χ0n) is 12.9. The number of aromatic nitrogens is 1. The highest BCUT2D eigenvalue weighted by molar-refractivity contribution is 5.89. The molecule has 1 unspecified atom stereocenters. The highest BCUT2D eigenvalue weighted by Crippen LogP contribution is 2.18. The van der Waals surface area contributed by atoms with Gasteiger partial charge in [-0.15, -0.1) is 0 Å². The molecule has 7 heteroatoms. The summed E-state index contributed by atoms with van der Waals surface area (Å²) < 4.78 is 10.1. The van der Waals surface area contributed by atoms with E-state index < -0.39 is 0 Å².